The molecule has 0 aromatic heterocycles. The number of sulfonamides is 2. The Labute approximate surface area is 167 Å². The van der Waals surface area contributed by atoms with E-state index < -0.39 is 20.0 Å². The molecular formula is C19H27N3O4S2. The fourth-order valence-corrected chi connectivity index (χ4v) is 5.56. The van der Waals surface area contributed by atoms with E-state index in [0.717, 1.165) is 9.87 Å². The fraction of sp³-hybridized carbons (Fsp3) is 0.368. The van der Waals surface area contributed by atoms with Crippen molar-refractivity contribution in [2.24, 2.45) is 0 Å². The van der Waals surface area contributed by atoms with E-state index in [9.17, 15) is 16.8 Å². The highest BCUT2D eigenvalue weighted by molar-refractivity contribution is 7.93. The first-order valence-corrected chi connectivity index (χ1v) is 11.7. The van der Waals surface area contributed by atoms with E-state index in [1.54, 1.807) is 32.0 Å². The first-order chi connectivity index (χ1) is 12.9. The molecule has 2 rings (SSSR count). The third-order valence-corrected chi connectivity index (χ3v) is 7.74. The van der Waals surface area contributed by atoms with E-state index in [0.29, 0.717) is 23.4 Å². The number of nitrogens with zero attached hydrogens (tertiary/aromatic N) is 1. The third-order valence-electron chi connectivity index (χ3n) is 4.25. The molecule has 2 N–H and O–H groups in total. The summed E-state index contributed by atoms with van der Waals surface area (Å²) in [5, 5.41) is 3.06. The fourth-order valence-electron chi connectivity index (χ4n) is 3.11. The molecular weight excluding hydrogens is 398 g/mol. The van der Waals surface area contributed by atoms with Gasteiger partial charge < -0.3 is 5.32 Å². The predicted octanol–water partition coefficient (Wildman–Crippen LogP) is 3.09. The van der Waals surface area contributed by atoms with Crippen molar-refractivity contribution in [3.05, 3.63) is 47.0 Å². The molecule has 154 valence electrons. The van der Waals surface area contributed by atoms with Gasteiger partial charge in [-0.3, -0.25) is 4.72 Å². The smallest absolute Gasteiger partial charge is 0.262 e. The van der Waals surface area contributed by atoms with Crippen LogP contribution in [0.15, 0.2) is 40.1 Å². The van der Waals surface area contributed by atoms with Gasteiger partial charge >= 0.3 is 0 Å². The molecule has 2 aromatic rings. The summed E-state index contributed by atoms with van der Waals surface area (Å²) in [6, 6.07) is 7.96. The lowest BCUT2D eigenvalue weighted by Gasteiger charge is -2.18. The number of anilines is 2. The number of hydrogen-bond donors (Lipinski definition) is 2. The molecule has 0 atom stereocenters. The number of aryl methyl sites for hydroxylation is 3. The van der Waals surface area contributed by atoms with Gasteiger partial charge in [0.1, 0.15) is 0 Å². The van der Waals surface area contributed by atoms with Gasteiger partial charge in [0.25, 0.3) is 10.0 Å². The highest BCUT2D eigenvalue weighted by Crippen LogP contribution is 2.30. The molecule has 0 heterocycles. The number of rotatable bonds is 7. The zero-order chi connectivity index (χ0) is 21.3. The van der Waals surface area contributed by atoms with Crippen LogP contribution in [0, 0.1) is 20.8 Å². The number of nitrogens with one attached hydrogen (secondary N) is 2. The lowest BCUT2D eigenvalue weighted by atomic mass is 10.1. The van der Waals surface area contributed by atoms with Gasteiger partial charge in [-0.2, -0.15) is 0 Å². The lowest BCUT2D eigenvalue weighted by Crippen LogP contribution is -2.23. The molecule has 0 aliphatic carbocycles. The van der Waals surface area contributed by atoms with Gasteiger partial charge in [-0.1, -0.05) is 17.7 Å². The van der Waals surface area contributed by atoms with Crippen molar-refractivity contribution >= 4 is 31.4 Å². The van der Waals surface area contributed by atoms with E-state index in [4.69, 9.17) is 0 Å². The van der Waals surface area contributed by atoms with Gasteiger partial charge in [0.2, 0.25) is 10.0 Å². The molecule has 0 aliphatic heterocycles. The van der Waals surface area contributed by atoms with Crippen molar-refractivity contribution < 1.29 is 16.8 Å². The zero-order valence-electron chi connectivity index (χ0n) is 17.0. The Kier molecular flexibility index (Phi) is 6.42. The van der Waals surface area contributed by atoms with Gasteiger partial charge in [-0.15, -0.1) is 0 Å². The van der Waals surface area contributed by atoms with Crippen LogP contribution in [0.3, 0.4) is 0 Å². The van der Waals surface area contributed by atoms with Gasteiger partial charge in [0, 0.05) is 20.6 Å². The molecule has 28 heavy (non-hydrogen) atoms. The molecule has 0 saturated carbocycles. The second kappa shape index (κ2) is 8.10. The number of hydrogen-bond acceptors (Lipinski definition) is 5. The summed E-state index contributed by atoms with van der Waals surface area (Å²) in [6.07, 6.45) is 0. The highest BCUT2D eigenvalue weighted by Gasteiger charge is 2.24. The highest BCUT2D eigenvalue weighted by atomic mass is 32.2. The molecule has 0 spiro atoms. The maximum absolute atomic E-state index is 13.1. The summed E-state index contributed by atoms with van der Waals surface area (Å²) in [4.78, 5) is 0.204. The molecule has 0 aliphatic rings. The lowest BCUT2D eigenvalue weighted by molar-refractivity contribution is 0.521. The van der Waals surface area contributed by atoms with Crippen LogP contribution in [0.5, 0.6) is 0 Å². The van der Waals surface area contributed by atoms with E-state index in [-0.39, 0.29) is 15.5 Å². The minimum Gasteiger partial charge on any atom is -0.384 e. The summed E-state index contributed by atoms with van der Waals surface area (Å²) in [5.41, 5.74) is 2.93. The molecule has 0 amide bonds. The Balaban J connectivity index is 2.61. The Morgan fingerprint density at radius 1 is 0.893 bits per heavy atom. The van der Waals surface area contributed by atoms with Crippen LogP contribution in [-0.4, -0.2) is 41.8 Å². The molecule has 0 fully saturated rings. The molecule has 0 unspecified atom stereocenters. The van der Waals surface area contributed by atoms with Crippen LogP contribution in [0.4, 0.5) is 11.4 Å². The molecule has 7 nitrogen and oxygen atoms in total. The van der Waals surface area contributed by atoms with Crippen LogP contribution in [-0.2, 0) is 20.0 Å². The second-order valence-electron chi connectivity index (χ2n) is 6.86. The minimum absolute atomic E-state index is 0.00852. The van der Waals surface area contributed by atoms with Gasteiger partial charge in [0.05, 0.1) is 21.2 Å². The second-order valence-corrected chi connectivity index (χ2v) is 10.6. The van der Waals surface area contributed by atoms with Crippen LogP contribution in [0.1, 0.15) is 23.6 Å². The normalized spacial score (nSPS) is 12.2. The van der Waals surface area contributed by atoms with Crippen molar-refractivity contribution in [2.75, 3.05) is 30.7 Å². The van der Waals surface area contributed by atoms with Crippen molar-refractivity contribution in [3.8, 4) is 0 Å². The Hall–Kier alpha value is -2.10. The molecule has 0 saturated heterocycles. The molecule has 2 aromatic carbocycles. The maximum Gasteiger partial charge on any atom is 0.262 e. The zero-order valence-corrected chi connectivity index (χ0v) is 18.6. The van der Waals surface area contributed by atoms with Crippen LogP contribution < -0.4 is 10.0 Å². The summed E-state index contributed by atoms with van der Waals surface area (Å²) < 4.78 is 54.8. The average molecular weight is 426 g/mol. The topological polar surface area (TPSA) is 95.6 Å². The first-order valence-electron chi connectivity index (χ1n) is 8.81. The van der Waals surface area contributed by atoms with Crippen molar-refractivity contribution in [2.45, 2.75) is 37.5 Å². The molecule has 0 bridgehead atoms. The summed E-state index contributed by atoms with van der Waals surface area (Å²) >= 11 is 0. The summed E-state index contributed by atoms with van der Waals surface area (Å²) in [6.45, 7) is 7.82. The minimum atomic E-state index is -3.91. The van der Waals surface area contributed by atoms with Gasteiger partial charge in [0.15, 0.2) is 0 Å². The quantitative estimate of drug-likeness (QED) is 0.711. The Morgan fingerprint density at radius 2 is 1.46 bits per heavy atom. The maximum atomic E-state index is 13.1. The predicted molar refractivity (Wildman–Crippen MR) is 113 cm³/mol. The van der Waals surface area contributed by atoms with Crippen LogP contribution in [0.2, 0.25) is 0 Å². The standard InChI is InChI=1S/C19H27N3O4S2/c1-7-20-17-9-8-16(28(25,26)22(5)6)12-18(17)21-27(23,24)19-14(3)10-13(2)11-15(19)4/h8-12,20-21H,7H2,1-6H3. The Morgan fingerprint density at radius 3 is 1.96 bits per heavy atom. The summed E-state index contributed by atoms with van der Waals surface area (Å²) in [5.74, 6) is 0. The van der Waals surface area contributed by atoms with Crippen molar-refractivity contribution in [1.29, 1.82) is 0 Å². The van der Waals surface area contributed by atoms with Crippen LogP contribution in [0.25, 0.3) is 0 Å². The Bertz CT molecular complexity index is 1070. The van der Waals surface area contributed by atoms with Gasteiger partial charge in [-0.25, -0.2) is 21.1 Å². The first kappa shape index (κ1) is 22.2. The molecule has 0 radical (unpaired) electrons. The van der Waals surface area contributed by atoms with Gasteiger partial charge in [-0.05, 0) is 57.0 Å². The summed E-state index contributed by atoms with van der Waals surface area (Å²) in [7, 11) is -4.76. The van der Waals surface area contributed by atoms with E-state index in [1.807, 2.05) is 13.8 Å². The van der Waals surface area contributed by atoms with Crippen molar-refractivity contribution in [1.82, 2.24) is 4.31 Å². The monoisotopic (exact) mass is 425 g/mol. The number of benzene rings is 2. The van der Waals surface area contributed by atoms with E-state index in [1.165, 1.54) is 26.2 Å². The third kappa shape index (κ3) is 4.48. The average Bonchev–Trinajstić information content (AvgIpc) is 2.54. The van der Waals surface area contributed by atoms with E-state index >= 15 is 0 Å². The van der Waals surface area contributed by atoms with E-state index in [2.05, 4.69) is 10.0 Å². The largest absolute Gasteiger partial charge is 0.384 e. The van der Waals surface area contributed by atoms with Crippen molar-refractivity contribution in [3.63, 3.8) is 0 Å². The SMILES string of the molecule is CCNc1ccc(S(=O)(=O)N(C)C)cc1NS(=O)(=O)c1c(C)cc(C)cc1C. The van der Waals surface area contributed by atoms with Crippen LogP contribution >= 0.6 is 0 Å². The molecule has 9 heteroatoms.